The number of nitrogens with one attached hydrogen (secondary N) is 1. The zero-order valence-electron chi connectivity index (χ0n) is 14.3. The quantitative estimate of drug-likeness (QED) is 0.402. The van der Waals surface area contributed by atoms with Gasteiger partial charge >= 0.3 is 0 Å². The van der Waals surface area contributed by atoms with E-state index in [4.69, 9.17) is 12.2 Å². The van der Waals surface area contributed by atoms with Crippen molar-refractivity contribution in [1.29, 1.82) is 0 Å². The van der Waals surface area contributed by atoms with Crippen LogP contribution in [0.5, 0.6) is 11.5 Å². The zero-order valence-corrected chi connectivity index (χ0v) is 15.1. The topological polar surface area (TPSA) is 72.8 Å². The molecule has 2 rings (SSSR count). The number of carbonyl (C=O) groups is 1. The van der Waals surface area contributed by atoms with E-state index in [1.54, 1.807) is 0 Å². The number of benzene rings is 2. The van der Waals surface area contributed by atoms with Gasteiger partial charge in [-0.3, -0.25) is 4.79 Å². The second-order valence-electron chi connectivity index (χ2n) is 5.97. The second-order valence-corrected chi connectivity index (χ2v) is 6.46. The van der Waals surface area contributed by atoms with E-state index in [2.05, 4.69) is 10.2 Å². The van der Waals surface area contributed by atoms with Crippen LogP contribution in [0.1, 0.15) is 24.5 Å². The van der Waals surface area contributed by atoms with Gasteiger partial charge < -0.3 is 20.4 Å². The molecule has 0 unspecified atom stereocenters. The van der Waals surface area contributed by atoms with Crippen LogP contribution in [0.3, 0.4) is 0 Å². The molecule has 0 fully saturated rings. The molecule has 0 spiro atoms. The van der Waals surface area contributed by atoms with Gasteiger partial charge in [0.2, 0.25) is 5.91 Å². The molecule has 0 atom stereocenters. The van der Waals surface area contributed by atoms with Crippen LogP contribution in [0.2, 0.25) is 0 Å². The van der Waals surface area contributed by atoms with Crippen LogP contribution in [0.25, 0.3) is 0 Å². The molecule has 6 heteroatoms. The lowest BCUT2D eigenvalue weighted by molar-refractivity contribution is -0.114. The Balaban J connectivity index is 1.95. The van der Waals surface area contributed by atoms with Crippen molar-refractivity contribution in [2.24, 2.45) is 0 Å². The fraction of sp³-hybridized carbons (Fsp3) is 0.263. The molecular weight excluding hydrogens is 336 g/mol. The molecule has 1 amide bonds. The fourth-order valence-electron chi connectivity index (χ4n) is 2.52. The summed E-state index contributed by atoms with van der Waals surface area (Å²) >= 11 is 5.46. The van der Waals surface area contributed by atoms with E-state index in [-0.39, 0.29) is 23.1 Å². The van der Waals surface area contributed by atoms with Gasteiger partial charge in [0.15, 0.2) is 0 Å². The van der Waals surface area contributed by atoms with Gasteiger partial charge in [0.05, 0.1) is 0 Å². The molecule has 2 aromatic rings. The number of anilines is 1. The Morgan fingerprint density at radius 2 is 1.76 bits per heavy atom. The maximum absolute atomic E-state index is 11.1. The Labute approximate surface area is 152 Å². The minimum absolute atomic E-state index is 0.0316. The summed E-state index contributed by atoms with van der Waals surface area (Å²) in [5.74, 6) is -0.665. The van der Waals surface area contributed by atoms with Crippen molar-refractivity contribution < 1.29 is 15.0 Å². The van der Waals surface area contributed by atoms with Crippen LogP contribution in [0, 0.1) is 0 Å². The number of hydrogen-bond acceptors (Lipinski definition) is 5. The summed E-state index contributed by atoms with van der Waals surface area (Å²) in [6, 6.07) is 13.0. The number of hydrogen-bond donors (Lipinski definition) is 3. The second kappa shape index (κ2) is 8.60. The summed E-state index contributed by atoms with van der Waals surface area (Å²) in [5, 5.41) is 22.4. The molecule has 0 aromatic heterocycles. The van der Waals surface area contributed by atoms with E-state index in [0.29, 0.717) is 6.54 Å². The molecule has 5 nitrogen and oxygen atoms in total. The number of phenolic OH excluding ortho intramolecular Hbond substituents is 2. The number of nitrogens with zero attached hydrogens (tertiary/aromatic N) is 1. The SMILES string of the molecule is CC(=O)Nc1c(O)cc(CN(C)CCC(=S)c2ccccc2)cc1O. The number of carbonyl (C=O) groups excluding carboxylic acids is 1. The summed E-state index contributed by atoms with van der Waals surface area (Å²) in [4.78, 5) is 14.1. The molecule has 25 heavy (non-hydrogen) atoms. The van der Waals surface area contributed by atoms with Crippen LogP contribution in [-0.4, -0.2) is 39.5 Å². The number of thiocarbonyl (C=S) groups is 1. The first-order valence-electron chi connectivity index (χ1n) is 7.96. The summed E-state index contributed by atoms with van der Waals surface area (Å²) in [7, 11) is 1.95. The van der Waals surface area contributed by atoms with Gasteiger partial charge in [0, 0.05) is 24.9 Å². The largest absolute Gasteiger partial charge is 0.506 e. The number of rotatable bonds is 7. The highest BCUT2D eigenvalue weighted by atomic mass is 32.1. The third kappa shape index (κ3) is 5.55. The van der Waals surface area contributed by atoms with Crippen LogP contribution < -0.4 is 5.32 Å². The molecule has 0 bridgehead atoms. The van der Waals surface area contributed by atoms with Gasteiger partial charge in [-0.15, -0.1) is 0 Å². The molecule has 0 saturated heterocycles. The predicted molar refractivity (Wildman–Crippen MR) is 103 cm³/mol. The van der Waals surface area contributed by atoms with Gasteiger partial charge in [-0.05, 0) is 36.7 Å². The van der Waals surface area contributed by atoms with E-state index in [1.807, 2.05) is 37.4 Å². The highest BCUT2D eigenvalue weighted by Crippen LogP contribution is 2.34. The van der Waals surface area contributed by atoms with Crippen molar-refractivity contribution >= 4 is 28.7 Å². The molecule has 3 N–H and O–H groups in total. The summed E-state index contributed by atoms with van der Waals surface area (Å²) in [6.07, 6.45) is 0.748. The van der Waals surface area contributed by atoms with E-state index >= 15 is 0 Å². The first kappa shape index (κ1) is 18.9. The van der Waals surface area contributed by atoms with Gasteiger partial charge in [-0.1, -0.05) is 42.5 Å². The van der Waals surface area contributed by atoms with Crippen LogP contribution >= 0.6 is 12.2 Å². The zero-order chi connectivity index (χ0) is 18.4. The first-order valence-corrected chi connectivity index (χ1v) is 8.37. The lowest BCUT2D eigenvalue weighted by Crippen LogP contribution is -2.21. The third-order valence-corrected chi connectivity index (χ3v) is 4.17. The first-order chi connectivity index (χ1) is 11.9. The predicted octanol–water partition coefficient (Wildman–Crippen LogP) is 3.30. The summed E-state index contributed by atoms with van der Waals surface area (Å²) in [6.45, 7) is 2.61. The average molecular weight is 358 g/mol. The van der Waals surface area contributed by atoms with Crippen molar-refractivity contribution in [1.82, 2.24) is 4.90 Å². The Bertz CT molecular complexity index is 740. The minimum atomic E-state index is -0.357. The minimum Gasteiger partial charge on any atom is -0.506 e. The van der Waals surface area contributed by atoms with Crippen LogP contribution in [0.15, 0.2) is 42.5 Å². The van der Waals surface area contributed by atoms with Gasteiger partial charge in [0.25, 0.3) is 0 Å². The number of phenols is 2. The van der Waals surface area contributed by atoms with E-state index in [0.717, 1.165) is 29.0 Å². The van der Waals surface area contributed by atoms with E-state index in [9.17, 15) is 15.0 Å². The number of aromatic hydroxyl groups is 2. The summed E-state index contributed by atoms with van der Waals surface area (Å²) in [5.41, 5.74) is 1.84. The van der Waals surface area contributed by atoms with Crippen molar-refractivity contribution in [3.8, 4) is 11.5 Å². The lowest BCUT2D eigenvalue weighted by atomic mass is 10.1. The fourth-order valence-corrected chi connectivity index (χ4v) is 2.74. The Morgan fingerprint density at radius 3 is 2.32 bits per heavy atom. The smallest absolute Gasteiger partial charge is 0.221 e. The molecule has 0 aliphatic heterocycles. The van der Waals surface area contributed by atoms with Crippen molar-refractivity contribution in [2.75, 3.05) is 18.9 Å². The molecule has 0 heterocycles. The lowest BCUT2D eigenvalue weighted by Gasteiger charge is -2.18. The highest BCUT2D eigenvalue weighted by Gasteiger charge is 2.12. The highest BCUT2D eigenvalue weighted by molar-refractivity contribution is 7.80. The van der Waals surface area contributed by atoms with Crippen molar-refractivity contribution in [3.63, 3.8) is 0 Å². The van der Waals surface area contributed by atoms with Gasteiger partial charge in [-0.2, -0.15) is 0 Å². The van der Waals surface area contributed by atoms with Crippen LogP contribution in [-0.2, 0) is 11.3 Å². The Hall–Kier alpha value is -2.44. The van der Waals surface area contributed by atoms with Crippen molar-refractivity contribution in [3.05, 3.63) is 53.6 Å². The molecule has 132 valence electrons. The maximum atomic E-state index is 11.1. The monoisotopic (exact) mass is 358 g/mol. The number of amides is 1. The molecule has 0 aliphatic carbocycles. The maximum Gasteiger partial charge on any atom is 0.221 e. The normalized spacial score (nSPS) is 10.7. The van der Waals surface area contributed by atoms with E-state index in [1.165, 1.54) is 19.1 Å². The molecule has 0 radical (unpaired) electrons. The van der Waals surface area contributed by atoms with Gasteiger partial charge in [-0.25, -0.2) is 0 Å². The molecular formula is C19H22N2O3S. The van der Waals surface area contributed by atoms with Gasteiger partial charge in [0.1, 0.15) is 17.2 Å². The van der Waals surface area contributed by atoms with E-state index < -0.39 is 0 Å². The standard InChI is InChI=1S/C19H22N2O3S/c1-13(22)20-19-16(23)10-14(11-17(19)24)12-21(2)9-8-18(25)15-6-4-3-5-7-15/h3-7,10-11,23-24H,8-9,12H2,1-2H3,(H,20,22). The van der Waals surface area contributed by atoms with Crippen LogP contribution in [0.4, 0.5) is 5.69 Å². The Morgan fingerprint density at radius 1 is 1.16 bits per heavy atom. The summed E-state index contributed by atoms with van der Waals surface area (Å²) < 4.78 is 0. The molecule has 0 aliphatic rings. The Kier molecular flexibility index (Phi) is 6.50. The molecule has 2 aromatic carbocycles. The average Bonchev–Trinajstić information content (AvgIpc) is 2.56. The molecule has 0 saturated carbocycles. The van der Waals surface area contributed by atoms with Crippen molar-refractivity contribution in [2.45, 2.75) is 19.9 Å². The third-order valence-electron chi connectivity index (χ3n) is 3.73.